The molecule has 0 bridgehead atoms. The number of methoxy groups -OCH3 is 1. The van der Waals surface area contributed by atoms with Gasteiger partial charge in [-0.1, -0.05) is 35.9 Å². The zero-order valence-electron chi connectivity index (χ0n) is 17.5. The van der Waals surface area contributed by atoms with Crippen molar-refractivity contribution in [3.8, 4) is 0 Å². The summed E-state index contributed by atoms with van der Waals surface area (Å²) in [7, 11) is 1.52. The molecule has 5 nitrogen and oxygen atoms in total. The van der Waals surface area contributed by atoms with Gasteiger partial charge in [0.05, 0.1) is 22.6 Å². The third-order valence-corrected chi connectivity index (χ3v) is 6.78. The van der Waals surface area contributed by atoms with E-state index in [2.05, 4.69) is 0 Å². The van der Waals surface area contributed by atoms with Gasteiger partial charge in [0, 0.05) is 30.7 Å². The van der Waals surface area contributed by atoms with Crippen LogP contribution in [0.4, 0.5) is 0 Å². The minimum absolute atomic E-state index is 0.0778. The van der Waals surface area contributed by atoms with Gasteiger partial charge in [-0.05, 0) is 50.2 Å². The highest BCUT2D eigenvalue weighted by Crippen LogP contribution is 2.36. The fourth-order valence-electron chi connectivity index (χ4n) is 3.86. The lowest BCUT2D eigenvalue weighted by Crippen LogP contribution is -2.20. The van der Waals surface area contributed by atoms with E-state index in [0.717, 1.165) is 28.5 Å². The van der Waals surface area contributed by atoms with E-state index >= 15 is 0 Å². The summed E-state index contributed by atoms with van der Waals surface area (Å²) in [4.78, 5) is 12.6. The largest absolute Gasteiger partial charge is 0.393 e. The van der Waals surface area contributed by atoms with E-state index in [4.69, 9.17) is 16.3 Å². The fraction of sp³-hybridized carbons (Fsp3) is 0.609. The summed E-state index contributed by atoms with van der Waals surface area (Å²) >= 11 is 7.45. The number of allylic oxidation sites excluding steroid dienone is 2. The molecule has 1 aromatic heterocycles. The first-order valence-electron chi connectivity index (χ1n) is 10.5. The van der Waals surface area contributed by atoms with Gasteiger partial charge >= 0.3 is 0 Å². The molecule has 1 aliphatic carbocycles. The van der Waals surface area contributed by atoms with Crippen molar-refractivity contribution in [1.29, 1.82) is 0 Å². The minimum atomic E-state index is -0.607. The van der Waals surface area contributed by atoms with E-state index in [9.17, 15) is 20.1 Å². The van der Waals surface area contributed by atoms with Crippen LogP contribution in [0.25, 0.3) is 0 Å². The van der Waals surface area contributed by atoms with Crippen LogP contribution < -0.4 is 0 Å². The molecule has 0 saturated heterocycles. The number of Topliss-reactive ketones (excluding diaryl/α,β-unsaturated/α-hetero) is 1. The molecule has 1 heterocycles. The van der Waals surface area contributed by atoms with E-state index in [1.54, 1.807) is 6.08 Å². The molecule has 168 valence electrons. The Morgan fingerprint density at radius 3 is 2.83 bits per heavy atom. The molecule has 0 aromatic carbocycles. The van der Waals surface area contributed by atoms with Crippen LogP contribution in [0.5, 0.6) is 0 Å². The number of aliphatic hydroxyl groups excluding tert-OH is 3. The minimum Gasteiger partial charge on any atom is -0.393 e. The number of unbranched alkanes of at least 4 members (excludes halogenated alkanes) is 1. The maximum Gasteiger partial charge on any atom is 0.158 e. The van der Waals surface area contributed by atoms with Crippen molar-refractivity contribution in [1.82, 2.24) is 0 Å². The number of aryl methyl sites for hydroxylation is 1. The predicted molar refractivity (Wildman–Crippen MR) is 121 cm³/mol. The summed E-state index contributed by atoms with van der Waals surface area (Å²) in [6.45, 7) is 0.163. The summed E-state index contributed by atoms with van der Waals surface area (Å²) in [5, 5.41) is 30.9. The Bertz CT molecular complexity index is 702. The Morgan fingerprint density at radius 2 is 2.13 bits per heavy atom. The predicted octanol–water partition coefficient (Wildman–Crippen LogP) is 3.94. The van der Waals surface area contributed by atoms with Gasteiger partial charge in [-0.25, -0.2) is 0 Å². The lowest BCUT2D eigenvalue weighted by atomic mass is 9.89. The molecule has 3 unspecified atom stereocenters. The maximum atomic E-state index is 11.4. The molecule has 1 saturated carbocycles. The smallest absolute Gasteiger partial charge is 0.158 e. The Labute approximate surface area is 188 Å². The number of hydrogen-bond donors (Lipinski definition) is 3. The molecule has 1 aromatic rings. The average Bonchev–Trinajstić information content (AvgIpc) is 3.23. The van der Waals surface area contributed by atoms with Crippen LogP contribution in [0.3, 0.4) is 0 Å². The van der Waals surface area contributed by atoms with Gasteiger partial charge < -0.3 is 20.1 Å². The van der Waals surface area contributed by atoms with Crippen molar-refractivity contribution in [3.63, 3.8) is 0 Å². The average molecular weight is 457 g/mol. The molecule has 0 amide bonds. The van der Waals surface area contributed by atoms with Crippen LogP contribution in [-0.4, -0.2) is 53.1 Å². The Morgan fingerprint density at radius 1 is 1.33 bits per heavy atom. The van der Waals surface area contributed by atoms with Crippen molar-refractivity contribution in [2.75, 3.05) is 13.7 Å². The molecule has 0 spiro atoms. The van der Waals surface area contributed by atoms with Crippen LogP contribution in [0, 0.1) is 11.8 Å². The van der Waals surface area contributed by atoms with Crippen molar-refractivity contribution in [2.45, 2.75) is 63.3 Å². The van der Waals surface area contributed by atoms with E-state index in [1.807, 2.05) is 30.4 Å². The van der Waals surface area contributed by atoms with Gasteiger partial charge in [-0.15, -0.1) is 11.3 Å². The van der Waals surface area contributed by atoms with Gasteiger partial charge in [0.1, 0.15) is 6.61 Å². The van der Waals surface area contributed by atoms with Crippen molar-refractivity contribution in [3.05, 3.63) is 45.7 Å². The number of carbonyl (C=O) groups excluding carboxylic acids is 1. The number of aliphatic hydroxyl groups is 3. The lowest BCUT2D eigenvalue weighted by molar-refractivity contribution is -0.122. The third kappa shape index (κ3) is 8.61. The number of ketones is 1. The molecule has 7 heteroatoms. The number of halogens is 1. The Balaban J connectivity index is 1.77. The van der Waals surface area contributed by atoms with Crippen LogP contribution >= 0.6 is 22.9 Å². The zero-order chi connectivity index (χ0) is 21.9. The van der Waals surface area contributed by atoms with Gasteiger partial charge in [0.25, 0.3) is 0 Å². The maximum absolute atomic E-state index is 11.4. The molecule has 0 aliphatic heterocycles. The summed E-state index contributed by atoms with van der Waals surface area (Å²) in [5.41, 5.74) is 0. The molecule has 1 fully saturated rings. The summed E-state index contributed by atoms with van der Waals surface area (Å²) in [5.74, 6) is -0.157. The molecule has 3 N–H and O–H groups in total. The highest BCUT2D eigenvalue weighted by Gasteiger charge is 2.39. The van der Waals surface area contributed by atoms with E-state index < -0.39 is 18.3 Å². The second-order valence-corrected chi connectivity index (χ2v) is 9.68. The van der Waals surface area contributed by atoms with Gasteiger partial charge in [-0.2, -0.15) is 0 Å². The first kappa shape index (κ1) is 25.2. The van der Waals surface area contributed by atoms with Crippen LogP contribution in [0.2, 0.25) is 4.34 Å². The first-order chi connectivity index (χ1) is 14.4. The fourth-order valence-corrected chi connectivity index (χ4v) is 4.96. The van der Waals surface area contributed by atoms with E-state index in [1.165, 1.54) is 18.4 Å². The molecule has 1 aliphatic rings. The Kier molecular flexibility index (Phi) is 11.3. The number of rotatable bonds is 13. The van der Waals surface area contributed by atoms with E-state index in [0.29, 0.717) is 25.7 Å². The van der Waals surface area contributed by atoms with Gasteiger partial charge in [0.2, 0.25) is 0 Å². The number of carbonyl (C=O) groups is 1. The topological polar surface area (TPSA) is 87.0 Å². The SMILES string of the molecule is COCC(=O)CCC/C=C\C[C@H]1C(O)CC(O)[C@@H]1/C=C/C(O)CCc1ccc(Cl)s1. The summed E-state index contributed by atoms with van der Waals surface area (Å²) in [6, 6.07) is 3.83. The molecular formula is C23H33ClO5S. The zero-order valence-corrected chi connectivity index (χ0v) is 19.0. The quantitative estimate of drug-likeness (QED) is 0.309. The van der Waals surface area contributed by atoms with Crippen molar-refractivity contribution >= 4 is 28.7 Å². The van der Waals surface area contributed by atoms with Crippen molar-refractivity contribution in [2.24, 2.45) is 11.8 Å². The molecule has 2 rings (SSSR count). The molecule has 5 atom stereocenters. The summed E-state index contributed by atoms with van der Waals surface area (Å²) in [6.07, 6.45) is 10.3. The number of hydrogen-bond acceptors (Lipinski definition) is 6. The Hall–Kier alpha value is -1.02. The van der Waals surface area contributed by atoms with Gasteiger partial charge in [0.15, 0.2) is 5.78 Å². The van der Waals surface area contributed by atoms with Gasteiger partial charge in [-0.3, -0.25) is 4.79 Å². The summed E-state index contributed by atoms with van der Waals surface area (Å²) < 4.78 is 5.56. The third-order valence-electron chi connectivity index (χ3n) is 5.49. The standard InChI is InChI=1S/C23H33ClO5S/c1-29-15-17(26)6-4-2-3-5-7-19-20(22(28)14-21(19)27)12-9-16(25)8-10-18-11-13-23(24)30-18/h3,5,9,11-13,16,19-22,25,27-28H,2,4,6-8,10,14-15H2,1H3/b5-3-,12-9+/t16?,19-,20-,21?,22?/m1/s1. The molecular weight excluding hydrogens is 424 g/mol. The number of ether oxygens (including phenoxy) is 1. The van der Waals surface area contributed by atoms with Crippen LogP contribution in [0.15, 0.2) is 36.4 Å². The number of thiophene rings is 1. The van der Waals surface area contributed by atoms with E-state index in [-0.39, 0.29) is 24.2 Å². The lowest BCUT2D eigenvalue weighted by Gasteiger charge is -2.19. The van der Waals surface area contributed by atoms with Crippen molar-refractivity contribution < 1.29 is 24.9 Å². The second kappa shape index (κ2) is 13.4. The molecule has 0 radical (unpaired) electrons. The van der Waals surface area contributed by atoms with Crippen LogP contribution in [-0.2, 0) is 16.0 Å². The first-order valence-corrected chi connectivity index (χ1v) is 11.7. The monoisotopic (exact) mass is 456 g/mol. The normalized spacial score (nSPS) is 25.5. The molecule has 30 heavy (non-hydrogen) atoms. The second-order valence-electron chi connectivity index (χ2n) is 7.88. The van der Waals surface area contributed by atoms with Crippen LogP contribution in [0.1, 0.15) is 43.4 Å². The highest BCUT2D eigenvalue weighted by molar-refractivity contribution is 7.16. The highest BCUT2D eigenvalue weighted by atomic mass is 35.5.